The summed E-state index contributed by atoms with van der Waals surface area (Å²) in [4.78, 5) is 15.0. The number of thioether (sulfide) groups is 1. The molecule has 0 bridgehead atoms. The van der Waals surface area contributed by atoms with E-state index in [1.54, 1.807) is 16.7 Å². The standard InChI is InChI=1S/C17H23NO2SSi/c1-22(2,3)12-9-15-16(19)13-17(20)18(15)10-11-21-14-7-5-4-6-8-14/h4-8,15-16,19H,10-11,13H2,1-3H3/t15-,16+/m1/s1. The van der Waals surface area contributed by atoms with E-state index in [1.807, 2.05) is 18.2 Å². The molecule has 0 radical (unpaired) electrons. The summed E-state index contributed by atoms with van der Waals surface area (Å²) in [6.45, 7) is 7.12. The van der Waals surface area contributed by atoms with E-state index in [1.165, 1.54) is 4.90 Å². The number of amides is 1. The van der Waals surface area contributed by atoms with E-state index in [0.29, 0.717) is 6.54 Å². The molecule has 0 aromatic heterocycles. The topological polar surface area (TPSA) is 40.5 Å². The minimum absolute atomic E-state index is 0.0102. The van der Waals surface area contributed by atoms with Gasteiger partial charge in [-0.1, -0.05) is 43.8 Å². The van der Waals surface area contributed by atoms with E-state index in [2.05, 4.69) is 43.2 Å². The fraction of sp³-hybridized carbons (Fsp3) is 0.471. The molecule has 1 aromatic carbocycles. The van der Waals surface area contributed by atoms with Crippen LogP contribution < -0.4 is 0 Å². The van der Waals surface area contributed by atoms with E-state index >= 15 is 0 Å². The maximum absolute atomic E-state index is 12.1. The van der Waals surface area contributed by atoms with Crippen LogP contribution in [-0.2, 0) is 4.79 Å². The van der Waals surface area contributed by atoms with Crippen LogP contribution in [0.2, 0.25) is 19.6 Å². The molecule has 1 heterocycles. The zero-order chi connectivity index (χ0) is 16.2. The minimum Gasteiger partial charge on any atom is -0.389 e. The van der Waals surface area contributed by atoms with Gasteiger partial charge >= 0.3 is 0 Å². The van der Waals surface area contributed by atoms with Gasteiger partial charge in [-0.25, -0.2) is 0 Å². The molecule has 1 aliphatic rings. The molecule has 22 heavy (non-hydrogen) atoms. The molecule has 1 amide bonds. The summed E-state index contributed by atoms with van der Waals surface area (Å²) in [6, 6.07) is 9.80. The van der Waals surface area contributed by atoms with Crippen molar-refractivity contribution in [3.63, 3.8) is 0 Å². The Labute approximate surface area is 138 Å². The third kappa shape index (κ3) is 4.91. The first kappa shape index (κ1) is 17.1. The van der Waals surface area contributed by atoms with E-state index in [4.69, 9.17) is 0 Å². The van der Waals surface area contributed by atoms with Crippen molar-refractivity contribution < 1.29 is 9.90 Å². The predicted molar refractivity (Wildman–Crippen MR) is 94.4 cm³/mol. The first-order valence-corrected chi connectivity index (χ1v) is 12.0. The van der Waals surface area contributed by atoms with Crippen LogP contribution in [0.4, 0.5) is 0 Å². The number of nitrogens with zero attached hydrogens (tertiary/aromatic N) is 1. The fourth-order valence-electron chi connectivity index (χ4n) is 2.28. The van der Waals surface area contributed by atoms with Gasteiger partial charge in [0, 0.05) is 17.2 Å². The van der Waals surface area contributed by atoms with Crippen molar-refractivity contribution in [3.8, 4) is 11.5 Å². The van der Waals surface area contributed by atoms with E-state index < -0.39 is 14.2 Å². The summed E-state index contributed by atoms with van der Waals surface area (Å²) in [5.74, 6) is 3.98. The van der Waals surface area contributed by atoms with Gasteiger partial charge in [-0.15, -0.1) is 17.3 Å². The SMILES string of the molecule is C[Si](C)(C)C#C[C@@H]1[C@@H](O)CC(=O)N1CCSc1ccccc1. The lowest BCUT2D eigenvalue weighted by Gasteiger charge is -2.22. The number of hydrogen-bond donors (Lipinski definition) is 1. The Hall–Kier alpha value is -1.22. The van der Waals surface area contributed by atoms with Gasteiger partial charge in [0.2, 0.25) is 5.91 Å². The molecule has 0 saturated carbocycles. The van der Waals surface area contributed by atoms with Crippen LogP contribution in [0, 0.1) is 11.5 Å². The van der Waals surface area contributed by atoms with Gasteiger partial charge in [-0.05, 0) is 12.1 Å². The van der Waals surface area contributed by atoms with Crippen molar-refractivity contribution in [2.75, 3.05) is 12.3 Å². The largest absolute Gasteiger partial charge is 0.389 e. The molecule has 1 aliphatic heterocycles. The monoisotopic (exact) mass is 333 g/mol. The molecule has 5 heteroatoms. The summed E-state index contributed by atoms with van der Waals surface area (Å²) in [5.41, 5.74) is 3.28. The highest BCUT2D eigenvalue weighted by molar-refractivity contribution is 7.99. The summed E-state index contributed by atoms with van der Waals surface area (Å²) < 4.78 is 0. The van der Waals surface area contributed by atoms with Crippen LogP contribution in [-0.4, -0.2) is 48.4 Å². The Bertz CT molecular complexity index is 574. The van der Waals surface area contributed by atoms with Gasteiger partial charge in [0.25, 0.3) is 0 Å². The normalized spacial score (nSPS) is 21.6. The van der Waals surface area contributed by atoms with Crippen molar-refractivity contribution in [2.45, 2.75) is 43.1 Å². The smallest absolute Gasteiger partial charge is 0.226 e. The van der Waals surface area contributed by atoms with Crippen LogP contribution in [0.1, 0.15) is 6.42 Å². The Morgan fingerprint density at radius 1 is 1.32 bits per heavy atom. The summed E-state index contributed by atoms with van der Waals surface area (Å²) in [7, 11) is -1.51. The Balaban J connectivity index is 1.97. The predicted octanol–water partition coefficient (Wildman–Crippen LogP) is 2.62. The number of aliphatic hydroxyl groups excluding tert-OH is 1. The molecular formula is C17H23NO2SSi. The minimum atomic E-state index is -1.51. The zero-order valence-corrected chi connectivity index (χ0v) is 15.2. The van der Waals surface area contributed by atoms with Gasteiger partial charge in [-0.2, -0.15) is 0 Å². The molecule has 0 unspecified atom stereocenters. The first-order valence-electron chi connectivity index (χ1n) is 7.55. The highest BCUT2D eigenvalue weighted by atomic mass is 32.2. The second kappa shape index (κ2) is 7.36. The maximum atomic E-state index is 12.1. The van der Waals surface area contributed by atoms with Crippen molar-refractivity contribution in [2.24, 2.45) is 0 Å². The van der Waals surface area contributed by atoms with Gasteiger partial charge in [-0.3, -0.25) is 4.79 Å². The zero-order valence-electron chi connectivity index (χ0n) is 13.4. The number of aliphatic hydroxyl groups is 1. The molecule has 0 aliphatic carbocycles. The molecular weight excluding hydrogens is 310 g/mol. The highest BCUT2D eigenvalue weighted by Gasteiger charge is 2.37. The number of benzene rings is 1. The molecule has 1 fully saturated rings. The van der Waals surface area contributed by atoms with Gasteiger partial charge < -0.3 is 10.0 Å². The molecule has 3 nitrogen and oxygen atoms in total. The summed E-state index contributed by atoms with van der Waals surface area (Å²) >= 11 is 1.72. The lowest BCUT2D eigenvalue weighted by molar-refractivity contribution is -0.128. The lowest BCUT2D eigenvalue weighted by atomic mass is 10.2. The second-order valence-electron chi connectivity index (χ2n) is 6.48. The third-order valence-electron chi connectivity index (χ3n) is 3.34. The van der Waals surface area contributed by atoms with E-state index in [0.717, 1.165) is 5.75 Å². The highest BCUT2D eigenvalue weighted by Crippen LogP contribution is 2.22. The molecule has 2 atom stereocenters. The van der Waals surface area contributed by atoms with Crippen molar-refractivity contribution in [1.29, 1.82) is 0 Å². The molecule has 1 aromatic rings. The van der Waals surface area contributed by atoms with E-state index in [9.17, 15) is 9.90 Å². The van der Waals surface area contributed by atoms with Crippen molar-refractivity contribution in [3.05, 3.63) is 30.3 Å². The molecule has 1 saturated heterocycles. The molecule has 2 rings (SSSR count). The maximum Gasteiger partial charge on any atom is 0.226 e. The summed E-state index contributed by atoms with van der Waals surface area (Å²) in [5, 5.41) is 10.1. The third-order valence-corrected chi connectivity index (χ3v) is 5.23. The quantitative estimate of drug-likeness (QED) is 0.523. The first-order chi connectivity index (χ1) is 10.4. The Morgan fingerprint density at radius 2 is 2.00 bits per heavy atom. The molecule has 118 valence electrons. The van der Waals surface area contributed by atoms with Crippen LogP contribution in [0.5, 0.6) is 0 Å². The van der Waals surface area contributed by atoms with Crippen LogP contribution in [0.25, 0.3) is 0 Å². The molecule has 1 N–H and O–H groups in total. The van der Waals surface area contributed by atoms with Gasteiger partial charge in [0.05, 0.1) is 12.5 Å². The average Bonchev–Trinajstić information content (AvgIpc) is 2.71. The average molecular weight is 334 g/mol. The number of hydrogen-bond acceptors (Lipinski definition) is 3. The molecule has 0 spiro atoms. The van der Waals surface area contributed by atoms with Gasteiger partial charge in [0.15, 0.2) is 0 Å². The van der Waals surface area contributed by atoms with Crippen LogP contribution >= 0.6 is 11.8 Å². The number of carbonyl (C=O) groups is 1. The summed E-state index contributed by atoms with van der Waals surface area (Å²) in [6.07, 6.45) is -0.459. The van der Waals surface area contributed by atoms with Crippen LogP contribution in [0.15, 0.2) is 35.2 Å². The number of carbonyl (C=O) groups excluding carboxylic acids is 1. The number of rotatable bonds is 4. The Kier molecular flexibility index (Phi) is 5.73. The van der Waals surface area contributed by atoms with Crippen molar-refractivity contribution in [1.82, 2.24) is 4.90 Å². The Morgan fingerprint density at radius 3 is 2.64 bits per heavy atom. The van der Waals surface area contributed by atoms with E-state index in [-0.39, 0.29) is 18.4 Å². The second-order valence-corrected chi connectivity index (χ2v) is 12.4. The van der Waals surface area contributed by atoms with Gasteiger partial charge in [0.1, 0.15) is 14.1 Å². The lowest BCUT2D eigenvalue weighted by Crippen LogP contribution is -2.38. The van der Waals surface area contributed by atoms with Crippen molar-refractivity contribution >= 4 is 25.7 Å². The number of likely N-dealkylation sites (tertiary alicyclic amines) is 1. The van der Waals surface area contributed by atoms with Crippen LogP contribution in [0.3, 0.4) is 0 Å². The fourth-order valence-corrected chi connectivity index (χ4v) is 3.73.